The summed E-state index contributed by atoms with van der Waals surface area (Å²) in [7, 11) is 1.70. The zero-order valence-electron chi connectivity index (χ0n) is 12.9. The van der Waals surface area contributed by atoms with Gasteiger partial charge in [0.25, 0.3) is 0 Å². The lowest BCUT2D eigenvalue weighted by atomic mass is 10.0. The van der Waals surface area contributed by atoms with Crippen LogP contribution in [0.2, 0.25) is 0 Å². The first-order valence-corrected chi connectivity index (χ1v) is 8.24. The fraction of sp³-hybridized carbons (Fsp3) is 0.333. The molecule has 0 spiro atoms. The molecule has 1 atom stereocenters. The normalized spacial score (nSPS) is 12.1. The van der Waals surface area contributed by atoms with Crippen LogP contribution in [-0.4, -0.2) is 13.7 Å². The predicted octanol–water partition coefficient (Wildman–Crippen LogP) is 4.91. The van der Waals surface area contributed by atoms with Gasteiger partial charge < -0.3 is 10.1 Å². The van der Waals surface area contributed by atoms with E-state index >= 15 is 0 Å². The van der Waals surface area contributed by atoms with Crippen molar-refractivity contribution in [3.8, 4) is 5.75 Å². The van der Waals surface area contributed by atoms with E-state index in [-0.39, 0.29) is 0 Å². The van der Waals surface area contributed by atoms with Gasteiger partial charge in [-0.3, -0.25) is 0 Å². The van der Waals surface area contributed by atoms with Crippen LogP contribution in [0.25, 0.3) is 0 Å². The molecule has 0 bridgehead atoms. The third-order valence-corrected chi connectivity index (χ3v) is 4.50. The summed E-state index contributed by atoms with van der Waals surface area (Å²) in [6.45, 7) is 5.36. The maximum atomic E-state index is 5.30. The van der Waals surface area contributed by atoms with Crippen LogP contribution in [0.15, 0.2) is 58.3 Å². The fourth-order valence-electron chi connectivity index (χ4n) is 2.37. The van der Waals surface area contributed by atoms with Crippen molar-refractivity contribution in [2.24, 2.45) is 0 Å². The summed E-state index contributed by atoms with van der Waals surface area (Å²) in [4.78, 5) is 2.51. The molecule has 2 nitrogen and oxygen atoms in total. The van der Waals surface area contributed by atoms with E-state index in [0.717, 1.165) is 18.7 Å². The van der Waals surface area contributed by atoms with Gasteiger partial charge in [-0.05, 0) is 42.8 Å². The highest BCUT2D eigenvalue weighted by molar-refractivity contribution is 7.99. The molecule has 3 heteroatoms. The Balaban J connectivity index is 2.27. The summed E-state index contributed by atoms with van der Waals surface area (Å²) in [5.41, 5.74) is 1.37. The largest absolute Gasteiger partial charge is 0.497 e. The van der Waals surface area contributed by atoms with Gasteiger partial charge in [0.2, 0.25) is 0 Å². The SMILES string of the molecule is CCNC(CC)c1ccccc1Sc1cccc(OC)c1. The van der Waals surface area contributed by atoms with E-state index < -0.39 is 0 Å². The number of nitrogens with one attached hydrogen (secondary N) is 1. The van der Waals surface area contributed by atoms with Crippen molar-refractivity contribution in [2.75, 3.05) is 13.7 Å². The monoisotopic (exact) mass is 301 g/mol. The van der Waals surface area contributed by atoms with Crippen LogP contribution in [0.5, 0.6) is 5.75 Å². The van der Waals surface area contributed by atoms with Crippen LogP contribution in [-0.2, 0) is 0 Å². The van der Waals surface area contributed by atoms with Crippen LogP contribution >= 0.6 is 11.8 Å². The van der Waals surface area contributed by atoms with Gasteiger partial charge in [-0.15, -0.1) is 0 Å². The van der Waals surface area contributed by atoms with E-state index in [1.54, 1.807) is 18.9 Å². The number of hydrogen-bond donors (Lipinski definition) is 1. The number of benzene rings is 2. The minimum atomic E-state index is 0.407. The van der Waals surface area contributed by atoms with E-state index in [0.29, 0.717) is 6.04 Å². The molecule has 0 amide bonds. The molecule has 112 valence electrons. The molecule has 0 aliphatic rings. The molecular weight excluding hydrogens is 278 g/mol. The Bertz CT molecular complexity index is 571. The number of methoxy groups -OCH3 is 1. The second-order valence-corrected chi connectivity index (χ2v) is 5.95. The van der Waals surface area contributed by atoms with Crippen molar-refractivity contribution in [1.82, 2.24) is 5.32 Å². The van der Waals surface area contributed by atoms with Crippen molar-refractivity contribution in [2.45, 2.75) is 36.1 Å². The van der Waals surface area contributed by atoms with Crippen LogP contribution in [0.1, 0.15) is 31.9 Å². The van der Waals surface area contributed by atoms with Crippen LogP contribution in [0, 0.1) is 0 Å². The lowest BCUT2D eigenvalue weighted by Gasteiger charge is -2.19. The first-order valence-electron chi connectivity index (χ1n) is 7.42. The van der Waals surface area contributed by atoms with Crippen LogP contribution in [0.3, 0.4) is 0 Å². The number of hydrogen-bond acceptors (Lipinski definition) is 3. The average molecular weight is 301 g/mol. The van der Waals surface area contributed by atoms with Gasteiger partial charge in [0.05, 0.1) is 7.11 Å². The van der Waals surface area contributed by atoms with Gasteiger partial charge in [-0.2, -0.15) is 0 Å². The third kappa shape index (κ3) is 4.26. The summed E-state index contributed by atoms with van der Waals surface area (Å²) >= 11 is 1.79. The Hall–Kier alpha value is -1.45. The molecule has 0 aliphatic carbocycles. The molecule has 0 saturated heterocycles. The highest BCUT2D eigenvalue weighted by atomic mass is 32.2. The maximum absolute atomic E-state index is 5.30. The lowest BCUT2D eigenvalue weighted by Crippen LogP contribution is -2.20. The summed E-state index contributed by atoms with van der Waals surface area (Å²) in [6, 6.07) is 17.3. The van der Waals surface area contributed by atoms with E-state index in [4.69, 9.17) is 4.74 Å². The maximum Gasteiger partial charge on any atom is 0.119 e. The first-order chi connectivity index (χ1) is 10.3. The second-order valence-electron chi connectivity index (χ2n) is 4.84. The Morgan fingerprint density at radius 3 is 2.62 bits per heavy atom. The summed E-state index contributed by atoms with van der Waals surface area (Å²) in [5, 5.41) is 3.56. The standard InChI is InChI=1S/C18H23NOS/c1-4-17(19-5-2)16-11-6-7-12-18(16)21-15-10-8-9-14(13-15)20-3/h6-13,17,19H,4-5H2,1-3H3. The van der Waals surface area contributed by atoms with E-state index in [1.807, 2.05) is 12.1 Å². The molecule has 0 aromatic heterocycles. The van der Waals surface area contributed by atoms with Gasteiger partial charge in [0, 0.05) is 15.8 Å². The summed E-state index contributed by atoms with van der Waals surface area (Å²) in [5.74, 6) is 0.899. The Kier molecular flexibility index (Phi) is 6.15. The highest BCUT2D eigenvalue weighted by Crippen LogP contribution is 2.35. The molecule has 21 heavy (non-hydrogen) atoms. The number of ether oxygens (including phenoxy) is 1. The molecule has 0 aliphatic heterocycles. The van der Waals surface area contributed by atoms with E-state index in [9.17, 15) is 0 Å². The molecule has 1 N–H and O–H groups in total. The molecule has 2 aromatic rings. The van der Waals surface area contributed by atoms with Gasteiger partial charge in [-0.25, -0.2) is 0 Å². The van der Waals surface area contributed by atoms with Gasteiger partial charge in [0.1, 0.15) is 5.75 Å². The molecule has 2 rings (SSSR count). The predicted molar refractivity (Wildman–Crippen MR) is 90.3 cm³/mol. The molecule has 1 unspecified atom stereocenters. The minimum Gasteiger partial charge on any atom is -0.497 e. The van der Waals surface area contributed by atoms with E-state index in [1.165, 1.54) is 15.4 Å². The molecule has 2 aromatic carbocycles. The van der Waals surface area contributed by atoms with Gasteiger partial charge in [-0.1, -0.05) is 49.9 Å². The second kappa shape index (κ2) is 8.11. The number of rotatable bonds is 7. The van der Waals surface area contributed by atoms with Crippen molar-refractivity contribution in [3.63, 3.8) is 0 Å². The van der Waals surface area contributed by atoms with Crippen LogP contribution in [0.4, 0.5) is 0 Å². The molecule has 0 fully saturated rings. The smallest absolute Gasteiger partial charge is 0.119 e. The molecule has 0 saturated carbocycles. The van der Waals surface area contributed by atoms with E-state index in [2.05, 4.69) is 55.6 Å². The summed E-state index contributed by atoms with van der Waals surface area (Å²) < 4.78 is 5.30. The van der Waals surface area contributed by atoms with Crippen molar-refractivity contribution < 1.29 is 4.74 Å². The highest BCUT2D eigenvalue weighted by Gasteiger charge is 2.13. The van der Waals surface area contributed by atoms with Crippen LogP contribution < -0.4 is 10.1 Å². The van der Waals surface area contributed by atoms with Gasteiger partial charge in [0.15, 0.2) is 0 Å². The van der Waals surface area contributed by atoms with Gasteiger partial charge >= 0.3 is 0 Å². The average Bonchev–Trinajstić information content (AvgIpc) is 2.53. The Labute approximate surface area is 131 Å². The molecule has 0 radical (unpaired) electrons. The van der Waals surface area contributed by atoms with Crippen molar-refractivity contribution in [1.29, 1.82) is 0 Å². The van der Waals surface area contributed by atoms with Crippen molar-refractivity contribution in [3.05, 3.63) is 54.1 Å². The molecule has 0 heterocycles. The van der Waals surface area contributed by atoms with Crippen molar-refractivity contribution >= 4 is 11.8 Å². The topological polar surface area (TPSA) is 21.3 Å². The summed E-state index contributed by atoms with van der Waals surface area (Å²) in [6.07, 6.45) is 1.09. The first kappa shape index (κ1) is 15.9. The fourth-order valence-corrected chi connectivity index (χ4v) is 3.42. The molecular formula is C18H23NOS. The third-order valence-electron chi connectivity index (χ3n) is 3.42. The quantitative estimate of drug-likeness (QED) is 0.785. The zero-order chi connectivity index (χ0) is 15.1. The minimum absolute atomic E-state index is 0.407. The lowest BCUT2D eigenvalue weighted by molar-refractivity contribution is 0.413. The Morgan fingerprint density at radius 1 is 1.10 bits per heavy atom. The zero-order valence-corrected chi connectivity index (χ0v) is 13.7. The Morgan fingerprint density at radius 2 is 1.90 bits per heavy atom.